The van der Waals surface area contributed by atoms with Crippen LogP contribution in [-0.4, -0.2) is 6.29 Å². The number of carbonyl (C=O) groups excluding carboxylic acids is 1. The standard InChI is InChI=1S/C10H18O/c1-5-9(4)6-10(7-11)8(2)3/h6-9H,5H2,1-4H3/b10-6+. The van der Waals surface area contributed by atoms with Crippen molar-refractivity contribution in [2.45, 2.75) is 34.1 Å². The molecule has 0 aromatic rings. The number of allylic oxidation sites excluding steroid dienone is 2. The van der Waals surface area contributed by atoms with Gasteiger partial charge in [0.15, 0.2) is 0 Å². The molecule has 0 spiro atoms. The lowest BCUT2D eigenvalue weighted by Gasteiger charge is -2.06. The van der Waals surface area contributed by atoms with Crippen LogP contribution in [0.5, 0.6) is 0 Å². The van der Waals surface area contributed by atoms with Crippen molar-refractivity contribution in [3.63, 3.8) is 0 Å². The van der Waals surface area contributed by atoms with E-state index < -0.39 is 0 Å². The number of carbonyl (C=O) groups is 1. The predicted molar refractivity (Wildman–Crippen MR) is 48.4 cm³/mol. The summed E-state index contributed by atoms with van der Waals surface area (Å²) >= 11 is 0. The molecule has 0 aromatic heterocycles. The van der Waals surface area contributed by atoms with Crippen molar-refractivity contribution >= 4 is 6.29 Å². The molecule has 0 aliphatic rings. The summed E-state index contributed by atoms with van der Waals surface area (Å²) in [5.74, 6) is 0.888. The molecular formula is C10H18O. The van der Waals surface area contributed by atoms with Crippen molar-refractivity contribution in [1.29, 1.82) is 0 Å². The van der Waals surface area contributed by atoms with Crippen molar-refractivity contribution in [1.82, 2.24) is 0 Å². The molecule has 1 unspecified atom stereocenters. The average Bonchev–Trinajstić information content (AvgIpc) is 1.99. The molecule has 0 rings (SSSR count). The monoisotopic (exact) mass is 154 g/mol. The van der Waals surface area contributed by atoms with Gasteiger partial charge in [0.1, 0.15) is 6.29 Å². The number of hydrogen-bond acceptors (Lipinski definition) is 1. The van der Waals surface area contributed by atoms with Crippen molar-refractivity contribution in [3.05, 3.63) is 11.6 Å². The van der Waals surface area contributed by atoms with Gasteiger partial charge in [0.2, 0.25) is 0 Å². The zero-order valence-electron chi connectivity index (χ0n) is 7.92. The summed E-state index contributed by atoms with van der Waals surface area (Å²) in [5.41, 5.74) is 0.930. The fourth-order valence-electron chi connectivity index (χ4n) is 0.814. The smallest absolute Gasteiger partial charge is 0.145 e. The van der Waals surface area contributed by atoms with E-state index in [1.54, 1.807) is 0 Å². The molecule has 64 valence electrons. The maximum absolute atomic E-state index is 10.5. The summed E-state index contributed by atoms with van der Waals surface area (Å²) in [6, 6.07) is 0. The summed E-state index contributed by atoms with van der Waals surface area (Å²) in [4.78, 5) is 10.5. The second-order valence-corrected chi connectivity index (χ2v) is 3.32. The third kappa shape index (κ3) is 3.97. The third-order valence-electron chi connectivity index (χ3n) is 1.92. The first-order chi connectivity index (χ1) is 5.11. The van der Waals surface area contributed by atoms with Crippen LogP contribution in [-0.2, 0) is 4.79 Å². The van der Waals surface area contributed by atoms with E-state index in [-0.39, 0.29) is 0 Å². The zero-order chi connectivity index (χ0) is 8.85. The number of hydrogen-bond donors (Lipinski definition) is 0. The summed E-state index contributed by atoms with van der Waals surface area (Å²) in [6.45, 7) is 8.35. The second-order valence-electron chi connectivity index (χ2n) is 3.32. The van der Waals surface area contributed by atoms with Crippen LogP contribution in [0.3, 0.4) is 0 Å². The van der Waals surface area contributed by atoms with Gasteiger partial charge >= 0.3 is 0 Å². The Morgan fingerprint density at radius 2 is 1.91 bits per heavy atom. The van der Waals surface area contributed by atoms with Gasteiger partial charge in [-0.05, 0) is 17.4 Å². The first kappa shape index (κ1) is 10.4. The molecule has 1 atom stereocenters. The fraction of sp³-hybridized carbons (Fsp3) is 0.700. The number of aldehydes is 1. The molecule has 0 N–H and O–H groups in total. The molecule has 1 heteroatoms. The van der Waals surface area contributed by atoms with Gasteiger partial charge in [-0.15, -0.1) is 0 Å². The quantitative estimate of drug-likeness (QED) is 0.449. The normalized spacial score (nSPS) is 15.2. The van der Waals surface area contributed by atoms with Crippen molar-refractivity contribution in [2.24, 2.45) is 11.8 Å². The van der Waals surface area contributed by atoms with Crippen LogP contribution >= 0.6 is 0 Å². The molecule has 0 bridgehead atoms. The highest BCUT2D eigenvalue weighted by atomic mass is 16.1. The van der Waals surface area contributed by atoms with Gasteiger partial charge in [-0.3, -0.25) is 4.79 Å². The minimum Gasteiger partial charge on any atom is -0.298 e. The Morgan fingerprint density at radius 3 is 2.18 bits per heavy atom. The van der Waals surface area contributed by atoms with Crippen molar-refractivity contribution < 1.29 is 4.79 Å². The molecule has 11 heavy (non-hydrogen) atoms. The summed E-state index contributed by atoms with van der Waals surface area (Å²) in [5, 5.41) is 0. The van der Waals surface area contributed by atoms with Gasteiger partial charge in [-0.1, -0.05) is 40.2 Å². The molecule has 0 aromatic carbocycles. The second kappa shape index (κ2) is 5.11. The Labute approximate surface area is 69.5 Å². The van der Waals surface area contributed by atoms with E-state index >= 15 is 0 Å². The SMILES string of the molecule is CCC(C)/C=C(\C=O)C(C)C. The van der Waals surface area contributed by atoms with Crippen LogP contribution in [0, 0.1) is 11.8 Å². The average molecular weight is 154 g/mol. The van der Waals surface area contributed by atoms with Gasteiger partial charge in [0.25, 0.3) is 0 Å². The topological polar surface area (TPSA) is 17.1 Å². The van der Waals surface area contributed by atoms with Crippen LogP contribution in [0.25, 0.3) is 0 Å². The molecule has 0 radical (unpaired) electrons. The number of rotatable bonds is 4. The van der Waals surface area contributed by atoms with Crippen LogP contribution in [0.4, 0.5) is 0 Å². The molecule has 0 saturated heterocycles. The molecule has 0 fully saturated rings. The Kier molecular flexibility index (Phi) is 4.84. The maximum atomic E-state index is 10.5. The lowest BCUT2D eigenvalue weighted by molar-refractivity contribution is -0.105. The van der Waals surface area contributed by atoms with Crippen LogP contribution < -0.4 is 0 Å². The van der Waals surface area contributed by atoms with E-state index in [2.05, 4.69) is 19.9 Å². The molecule has 1 nitrogen and oxygen atoms in total. The van der Waals surface area contributed by atoms with Gasteiger partial charge in [0.05, 0.1) is 0 Å². The molecule has 0 aliphatic carbocycles. The zero-order valence-corrected chi connectivity index (χ0v) is 7.92. The molecular weight excluding hydrogens is 136 g/mol. The van der Waals surface area contributed by atoms with E-state index in [1.807, 2.05) is 13.8 Å². The van der Waals surface area contributed by atoms with Crippen LogP contribution in [0.2, 0.25) is 0 Å². The predicted octanol–water partition coefficient (Wildman–Crippen LogP) is 2.81. The van der Waals surface area contributed by atoms with Crippen molar-refractivity contribution in [3.8, 4) is 0 Å². The van der Waals surface area contributed by atoms with Gasteiger partial charge in [-0.2, -0.15) is 0 Å². The van der Waals surface area contributed by atoms with E-state index in [1.165, 1.54) is 0 Å². The first-order valence-electron chi connectivity index (χ1n) is 4.28. The third-order valence-corrected chi connectivity index (χ3v) is 1.92. The largest absolute Gasteiger partial charge is 0.298 e. The fourth-order valence-corrected chi connectivity index (χ4v) is 0.814. The van der Waals surface area contributed by atoms with Gasteiger partial charge in [0, 0.05) is 0 Å². The Morgan fingerprint density at radius 1 is 1.36 bits per heavy atom. The highest BCUT2D eigenvalue weighted by Gasteiger charge is 2.02. The Balaban J connectivity index is 4.22. The van der Waals surface area contributed by atoms with Crippen LogP contribution in [0.1, 0.15) is 34.1 Å². The Bertz CT molecular complexity index is 145. The minimum atomic E-state index is 0.362. The lowest BCUT2D eigenvalue weighted by Crippen LogP contribution is -1.98. The molecule has 0 aliphatic heterocycles. The summed E-state index contributed by atoms with van der Waals surface area (Å²) in [6.07, 6.45) is 4.14. The van der Waals surface area contributed by atoms with Crippen LogP contribution in [0.15, 0.2) is 11.6 Å². The van der Waals surface area contributed by atoms with E-state index in [9.17, 15) is 4.79 Å². The highest BCUT2D eigenvalue weighted by molar-refractivity contribution is 5.73. The first-order valence-corrected chi connectivity index (χ1v) is 4.28. The minimum absolute atomic E-state index is 0.362. The van der Waals surface area contributed by atoms with E-state index in [0.717, 1.165) is 18.3 Å². The van der Waals surface area contributed by atoms with Crippen molar-refractivity contribution in [2.75, 3.05) is 0 Å². The summed E-state index contributed by atoms with van der Waals surface area (Å²) in [7, 11) is 0. The Hall–Kier alpha value is -0.590. The highest BCUT2D eigenvalue weighted by Crippen LogP contribution is 2.12. The van der Waals surface area contributed by atoms with Gasteiger partial charge in [-0.25, -0.2) is 0 Å². The lowest BCUT2D eigenvalue weighted by atomic mass is 9.98. The molecule has 0 saturated carbocycles. The maximum Gasteiger partial charge on any atom is 0.145 e. The molecule has 0 heterocycles. The van der Waals surface area contributed by atoms with E-state index in [4.69, 9.17) is 0 Å². The van der Waals surface area contributed by atoms with E-state index in [0.29, 0.717) is 11.8 Å². The molecule has 0 amide bonds. The summed E-state index contributed by atoms with van der Waals surface area (Å²) < 4.78 is 0. The van der Waals surface area contributed by atoms with Gasteiger partial charge < -0.3 is 0 Å².